The Morgan fingerprint density at radius 2 is 1.42 bits per heavy atom. The van der Waals surface area contributed by atoms with Crippen LogP contribution < -0.4 is 5.32 Å². The van der Waals surface area contributed by atoms with Crippen LogP contribution in [-0.2, 0) is 19.3 Å². The summed E-state index contributed by atoms with van der Waals surface area (Å²) in [5, 5.41) is 5.20. The lowest BCUT2D eigenvalue weighted by atomic mass is 10.0. The number of halogens is 4. The molecule has 3 aromatic rings. The maximum atomic E-state index is 12.9. The van der Waals surface area contributed by atoms with Gasteiger partial charge in [-0.25, -0.2) is 0 Å². The average molecular weight is 350 g/mol. The molecule has 0 saturated heterocycles. The van der Waals surface area contributed by atoms with E-state index in [2.05, 4.69) is 5.32 Å². The Balaban J connectivity index is 1.75. The lowest BCUT2D eigenvalue weighted by Gasteiger charge is -2.13. The van der Waals surface area contributed by atoms with Gasteiger partial charge in [0, 0.05) is 13.1 Å². The SMILES string of the molecule is FC(F)(F)c1cccc(CNCc2cccc3ccccc23)c1Cl. The number of fused-ring (bicyclic) bond motifs is 1. The molecule has 24 heavy (non-hydrogen) atoms. The Morgan fingerprint density at radius 1 is 0.792 bits per heavy atom. The molecule has 0 atom stereocenters. The molecule has 0 radical (unpaired) electrons. The molecule has 0 spiro atoms. The van der Waals surface area contributed by atoms with E-state index in [-0.39, 0.29) is 11.6 Å². The first-order chi connectivity index (χ1) is 11.5. The molecule has 0 saturated carbocycles. The molecule has 5 heteroatoms. The predicted molar refractivity (Wildman–Crippen MR) is 90.9 cm³/mol. The minimum absolute atomic E-state index is 0.240. The Bertz CT molecular complexity index is 853. The van der Waals surface area contributed by atoms with Crippen molar-refractivity contribution in [2.75, 3.05) is 0 Å². The van der Waals surface area contributed by atoms with Gasteiger partial charge in [0.2, 0.25) is 0 Å². The summed E-state index contributed by atoms with van der Waals surface area (Å²) < 4.78 is 38.7. The van der Waals surface area contributed by atoms with Gasteiger partial charge in [-0.15, -0.1) is 0 Å². The molecule has 1 N–H and O–H groups in total. The zero-order valence-corrected chi connectivity index (χ0v) is 13.5. The van der Waals surface area contributed by atoms with Gasteiger partial charge in [-0.1, -0.05) is 66.2 Å². The van der Waals surface area contributed by atoms with E-state index in [9.17, 15) is 13.2 Å². The van der Waals surface area contributed by atoms with Crippen LogP contribution in [0.2, 0.25) is 5.02 Å². The van der Waals surface area contributed by atoms with Crippen molar-refractivity contribution in [3.05, 3.63) is 82.4 Å². The third-order valence-corrected chi connectivity index (χ3v) is 4.34. The van der Waals surface area contributed by atoms with Crippen LogP contribution in [0.4, 0.5) is 13.2 Å². The van der Waals surface area contributed by atoms with Gasteiger partial charge in [0.25, 0.3) is 0 Å². The van der Waals surface area contributed by atoms with E-state index >= 15 is 0 Å². The van der Waals surface area contributed by atoms with Crippen LogP contribution in [0.25, 0.3) is 10.8 Å². The number of benzene rings is 3. The third kappa shape index (κ3) is 3.55. The molecule has 0 aliphatic carbocycles. The summed E-state index contributed by atoms with van der Waals surface area (Å²) >= 11 is 5.91. The van der Waals surface area contributed by atoms with Crippen LogP contribution in [0.5, 0.6) is 0 Å². The van der Waals surface area contributed by atoms with E-state index in [0.717, 1.165) is 22.4 Å². The quantitative estimate of drug-likeness (QED) is 0.627. The normalized spacial score (nSPS) is 11.8. The van der Waals surface area contributed by atoms with Crippen molar-refractivity contribution in [3.8, 4) is 0 Å². The molecule has 0 fully saturated rings. The summed E-state index contributed by atoms with van der Waals surface area (Å²) in [6.07, 6.45) is -4.44. The highest BCUT2D eigenvalue weighted by molar-refractivity contribution is 6.32. The summed E-state index contributed by atoms with van der Waals surface area (Å²) in [5.74, 6) is 0. The molecule has 0 bridgehead atoms. The first-order valence-electron chi connectivity index (χ1n) is 7.49. The van der Waals surface area contributed by atoms with Crippen molar-refractivity contribution >= 4 is 22.4 Å². The average Bonchev–Trinajstić information content (AvgIpc) is 2.55. The number of alkyl halides is 3. The first kappa shape index (κ1) is 16.8. The Kier molecular flexibility index (Phi) is 4.78. The maximum absolute atomic E-state index is 12.9. The largest absolute Gasteiger partial charge is 0.417 e. The fourth-order valence-electron chi connectivity index (χ4n) is 2.71. The van der Waals surface area contributed by atoms with E-state index in [1.54, 1.807) is 6.07 Å². The highest BCUT2D eigenvalue weighted by Gasteiger charge is 2.33. The summed E-state index contributed by atoms with van der Waals surface area (Å²) in [7, 11) is 0. The highest BCUT2D eigenvalue weighted by atomic mass is 35.5. The van der Waals surface area contributed by atoms with E-state index in [1.165, 1.54) is 6.07 Å². The molecule has 3 aromatic carbocycles. The summed E-state index contributed by atoms with van der Waals surface area (Å²) in [5.41, 5.74) is 0.733. The van der Waals surface area contributed by atoms with Gasteiger partial charge in [0.05, 0.1) is 10.6 Å². The Morgan fingerprint density at radius 3 is 2.21 bits per heavy atom. The summed E-state index contributed by atoms with van der Waals surface area (Å²) in [4.78, 5) is 0. The maximum Gasteiger partial charge on any atom is 0.417 e. The third-order valence-electron chi connectivity index (χ3n) is 3.89. The zero-order chi connectivity index (χ0) is 17.2. The smallest absolute Gasteiger partial charge is 0.309 e. The van der Waals surface area contributed by atoms with Gasteiger partial charge >= 0.3 is 6.18 Å². The molecule has 3 rings (SSSR count). The molecule has 0 aliphatic rings. The van der Waals surface area contributed by atoms with Crippen LogP contribution in [0.1, 0.15) is 16.7 Å². The van der Waals surface area contributed by atoms with E-state index in [1.807, 2.05) is 42.5 Å². The second-order valence-electron chi connectivity index (χ2n) is 5.52. The topological polar surface area (TPSA) is 12.0 Å². The van der Waals surface area contributed by atoms with Crippen LogP contribution in [0, 0.1) is 0 Å². The van der Waals surface area contributed by atoms with Crippen LogP contribution >= 0.6 is 11.6 Å². The van der Waals surface area contributed by atoms with Crippen LogP contribution in [0.15, 0.2) is 60.7 Å². The predicted octanol–water partition coefficient (Wildman–Crippen LogP) is 5.80. The number of hydrogen-bond acceptors (Lipinski definition) is 1. The fourth-order valence-corrected chi connectivity index (χ4v) is 3.01. The lowest BCUT2D eigenvalue weighted by Crippen LogP contribution is -2.15. The van der Waals surface area contributed by atoms with Gasteiger partial charge in [-0.3, -0.25) is 0 Å². The molecule has 0 aromatic heterocycles. The van der Waals surface area contributed by atoms with Gasteiger partial charge in [-0.2, -0.15) is 13.2 Å². The fraction of sp³-hybridized carbons (Fsp3) is 0.158. The molecule has 1 nitrogen and oxygen atoms in total. The van der Waals surface area contributed by atoms with Crippen LogP contribution in [0.3, 0.4) is 0 Å². The molecule has 0 heterocycles. The standard InChI is InChI=1S/C19H15ClF3N/c20-18-15(8-4-10-17(18)19(21,22)23)12-24-11-14-7-3-6-13-5-1-2-9-16(13)14/h1-10,24H,11-12H2. The molecular formula is C19H15ClF3N. The first-order valence-corrected chi connectivity index (χ1v) is 7.86. The molecule has 0 amide bonds. The van der Waals surface area contributed by atoms with E-state index in [0.29, 0.717) is 12.1 Å². The van der Waals surface area contributed by atoms with Crippen molar-refractivity contribution in [1.82, 2.24) is 5.32 Å². The Labute approximate surface area is 143 Å². The molecule has 0 aliphatic heterocycles. The lowest BCUT2D eigenvalue weighted by molar-refractivity contribution is -0.137. The van der Waals surface area contributed by atoms with Crippen molar-refractivity contribution < 1.29 is 13.2 Å². The number of hydrogen-bond donors (Lipinski definition) is 1. The highest BCUT2D eigenvalue weighted by Crippen LogP contribution is 2.36. The van der Waals surface area contributed by atoms with Crippen molar-refractivity contribution in [3.63, 3.8) is 0 Å². The van der Waals surface area contributed by atoms with Gasteiger partial charge in [-0.05, 0) is 28.0 Å². The minimum Gasteiger partial charge on any atom is -0.309 e. The second kappa shape index (κ2) is 6.83. The zero-order valence-electron chi connectivity index (χ0n) is 12.7. The van der Waals surface area contributed by atoms with Crippen molar-refractivity contribution in [2.24, 2.45) is 0 Å². The monoisotopic (exact) mass is 349 g/mol. The molecular weight excluding hydrogens is 335 g/mol. The van der Waals surface area contributed by atoms with Gasteiger partial charge < -0.3 is 5.32 Å². The molecule has 0 unspecified atom stereocenters. The second-order valence-corrected chi connectivity index (χ2v) is 5.90. The van der Waals surface area contributed by atoms with E-state index < -0.39 is 11.7 Å². The van der Waals surface area contributed by atoms with Crippen LogP contribution in [-0.4, -0.2) is 0 Å². The van der Waals surface area contributed by atoms with Gasteiger partial charge in [0.1, 0.15) is 0 Å². The number of rotatable bonds is 4. The number of nitrogens with one attached hydrogen (secondary N) is 1. The Hall–Kier alpha value is -2.04. The van der Waals surface area contributed by atoms with Crippen molar-refractivity contribution in [1.29, 1.82) is 0 Å². The van der Waals surface area contributed by atoms with Gasteiger partial charge in [0.15, 0.2) is 0 Å². The molecule has 124 valence electrons. The summed E-state index contributed by atoms with van der Waals surface area (Å²) in [6.45, 7) is 0.819. The minimum atomic E-state index is -4.44. The van der Waals surface area contributed by atoms with Crippen molar-refractivity contribution in [2.45, 2.75) is 19.3 Å². The van der Waals surface area contributed by atoms with E-state index in [4.69, 9.17) is 11.6 Å². The summed E-state index contributed by atoms with van der Waals surface area (Å²) in [6, 6.07) is 18.0.